The van der Waals surface area contributed by atoms with Crippen LogP contribution < -0.4 is 0 Å². The van der Waals surface area contributed by atoms with E-state index in [-0.39, 0.29) is 5.78 Å². The summed E-state index contributed by atoms with van der Waals surface area (Å²) in [6, 6.07) is 34.1. The van der Waals surface area contributed by atoms with Gasteiger partial charge in [0.2, 0.25) is 0 Å². The fourth-order valence-corrected chi connectivity index (χ4v) is 4.59. The normalized spacial score (nSPS) is 11.4. The van der Waals surface area contributed by atoms with Crippen LogP contribution in [0.1, 0.15) is 22.8 Å². The smallest absolute Gasteiger partial charge is 0.185 e. The van der Waals surface area contributed by atoms with Gasteiger partial charge in [0.05, 0.1) is 5.69 Å². The maximum atomic E-state index is 13.1. The van der Waals surface area contributed by atoms with Crippen molar-refractivity contribution in [2.45, 2.75) is 13.5 Å². The largest absolute Gasteiger partial charge is 0.340 e. The Morgan fingerprint density at radius 1 is 0.765 bits per heavy atom. The average Bonchev–Trinajstić information content (AvgIpc) is 3.21. The van der Waals surface area contributed by atoms with Crippen LogP contribution in [0.3, 0.4) is 0 Å². The van der Waals surface area contributed by atoms with Gasteiger partial charge in [-0.1, -0.05) is 96.5 Å². The van der Waals surface area contributed by atoms with Gasteiger partial charge in [0.25, 0.3) is 0 Å². The SMILES string of the molecule is CCn1c(-c2ccc(Cl)cc2)c(/C=C/C(=O)c2ccc(-c3ccccc3)cc2)c2ccccc21. The number of fused-ring (bicyclic) bond motifs is 1. The van der Waals surface area contributed by atoms with E-state index in [0.29, 0.717) is 10.6 Å². The quantitative estimate of drug-likeness (QED) is 0.183. The highest BCUT2D eigenvalue weighted by Gasteiger charge is 2.16. The van der Waals surface area contributed by atoms with Crippen molar-refractivity contribution in [3.63, 3.8) is 0 Å². The third kappa shape index (κ3) is 4.21. The molecule has 34 heavy (non-hydrogen) atoms. The van der Waals surface area contributed by atoms with E-state index in [1.807, 2.05) is 84.9 Å². The molecule has 1 aromatic heterocycles. The molecule has 0 N–H and O–H groups in total. The summed E-state index contributed by atoms with van der Waals surface area (Å²) in [5.41, 5.74) is 7.24. The number of ketones is 1. The van der Waals surface area contributed by atoms with Crippen molar-refractivity contribution in [2.75, 3.05) is 0 Å². The first kappa shape index (κ1) is 21.9. The molecule has 0 amide bonds. The van der Waals surface area contributed by atoms with E-state index < -0.39 is 0 Å². The van der Waals surface area contributed by atoms with Gasteiger partial charge in [-0.15, -0.1) is 0 Å². The van der Waals surface area contributed by atoms with Gasteiger partial charge in [0.15, 0.2) is 5.78 Å². The predicted molar refractivity (Wildman–Crippen MR) is 143 cm³/mol. The standard InChI is InChI=1S/C31H24ClNO/c1-2-33-29-11-7-6-10-27(29)28(31(33)25-16-18-26(32)19-17-25)20-21-30(34)24-14-12-23(13-15-24)22-8-4-3-5-9-22/h3-21H,2H2,1H3/b21-20+. The van der Waals surface area contributed by atoms with E-state index in [1.54, 1.807) is 6.08 Å². The monoisotopic (exact) mass is 461 g/mol. The zero-order valence-corrected chi connectivity index (χ0v) is 19.7. The van der Waals surface area contributed by atoms with Crippen molar-refractivity contribution < 1.29 is 4.79 Å². The van der Waals surface area contributed by atoms with Crippen LogP contribution in [0.5, 0.6) is 0 Å². The van der Waals surface area contributed by atoms with Gasteiger partial charge in [-0.2, -0.15) is 0 Å². The van der Waals surface area contributed by atoms with Crippen molar-refractivity contribution in [3.8, 4) is 22.4 Å². The number of nitrogens with zero attached hydrogens (tertiary/aromatic N) is 1. The van der Waals surface area contributed by atoms with Crippen LogP contribution in [0.2, 0.25) is 5.02 Å². The zero-order chi connectivity index (χ0) is 23.5. The summed E-state index contributed by atoms with van der Waals surface area (Å²) in [6.07, 6.45) is 3.63. The molecule has 0 spiro atoms. The van der Waals surface area contributed by atoms with Gasteiger partial charge >= 0.3 is 0 Å². The molecule has 0 atom stereocenters. The zero-order valence-electron chi connectivity index (χ0n) is 18.9. The van der Waals surface area contributed by atoms with Crippen molar-refractivity contribution in [1.82, 2.24) is 4.57 Å². The molecule has 1 heterocycles. The minimum Gasteiger partial charge on any atom is -0.340 e. The number of benzene rings is 4. The second-order valence-electron chi connectivity index (χ2n) is 8.17. The Labute approximate surface area is 204 Å². The lowest BCUT2D eigenvalue weighted by Crippen LogP contribution is -1.97. The molecule has 2 nitrogen and oxygen atoms in total. The number of hydrogen-bond acceptors (Lipinski definition) is 1. The van der Waals surface area contributed by atoms with E-state index in [9.17, 15) is 4.79 Å². The Morgan fingerprint density at radius 2 is 1.38 bits per heavy atom. The molecule has 5 aromatic rings. The molecule has 0 aliphatic heterocycles. The fourth-order valence-electron chi connectivity index (χ4n) is 4.46. The Bertz CT molecular complexity index is 1480. The lowest BCUT2D eigenvalue weighted by molar-refractivity contribution is 0.104. The van der Waals surface area contributed by atoms with Crippen LogP contribution in [0, 0.1) is 0 Å². The second-order valence-corrected chi connectivity index (χ2v) is 8.61. The summed E-state index contributed by atoms with van der Waals surface area (Å²) >= 11 is 6.15. The Kier molecular flexibility index (Phi) is 6.16. The molecular weight excluding hydrogens is 438 g/mol. The molecule has 166 valence electrons. The highest BCUT2D eigenvalue weighted by Crippen LogP contribution is 2.35. The molecule has 0 aliphatic rings. The molecule has 5 rings (SSSR count). The number of para-hydroxylation sites is 1. The summed E-state index contributed by atoms with van der Waals surface area (Å²) in [5, 5.41) is 1.83. The topological polar surface area (TPSA) is 22.0 Å². The molecular formula is C31H24ClNO. The van der Waals surface area contributed by atoms with Crippen LogP contribution >= 0.6 is 11.6 Å². The Hall–Kier alpha value is -3.88. The lowest BCUT2D eigenvalue weighted by atomic mass is 10.0. The van der Waals surface area contributed by atoms with Crippen LogP contribution in [-0.2, 0) is 6.54 Å². The van der Waals surface area contributed by atoms with E-state index in [4.69, 9.17) is 11.6 Å². The van der Waals surface area contributed by atoms with Crippen molar-refractivity contribution in [2.24, 2.45) is 0 Å². The molecule has 0 bridgehead atoms. The van der Waals surface area contributed by atoms with Crippen LogP contribution in [0.25, 0.3) is 39.4 Å². The van der Waals surface area contributed by atoms with Gasteiger partial charge in [0.1, 0.15) is 0 Å². The van der Waals surface area contributed by atoms with E-state index in [0.717, 1.165) is 45.4 Å². The summed E-state index contributed by atoms with van der Waals surface area (Å²) in [6.45, 7) is 2.96. The number of aryl methyl sites for hydroxylation is 1. The Balaban J connectivity index is 1.53. The predicted octanol–water partition coefficient (Wildman–Crippen LogP) is 8.54. The highest BCUT2D eigenvalue weighted by atomic mass is 35.5. The second kappa shape index (κ2) is 9.54. The average molecular weight is 462 g/mol. The van der Waals surface area contributed by atoms with Crippen LogP contribution in [0.15, 0.2) is 109 Å². The molecule has 0 radical (unpaired) electrons. The lowest BCUT2D eigenvalue weighted by Gasteiger charge is -2.09. The molecule has 0 aliphatic carbocycles. The van der Waals surface area contributed by atoms with Crippen LogP contribution in [-0.4, -0.2) is 10.4 Å². The summed E-state index contributed by atoms with van der Waals surface area (Å²) in [5.74, 6) is -0.0185. The van der Waals surface area contributed by atoms with Gasteiger partial charge in [-0.05, 0) is 54.0 Å². The third-order valence-electron chi connectivity index (χ3n) is 6.12. The summed E-state index contributed by atoms with van der Waals surface area (Å²) in [7, 11) is 0. The first-order valence-electron chi connectivity index (χ1n) is 11.4. The number of aromatic nitrogens is 1. The number of hydrogen-bond donors (Lipinski definition) is 0. The molecule has 0 saturated carbocycles. The van der Waals surface area contributed by atoms with Gasteiger partial charge in [0, 0.05) is 33.6 Å². The molecule has 3 heteroatoms. The number of rotatable bonds is 6. The van der Waals surface area contributed by atoms with Crippen molar-refractivity contribution in [1.29, 1.82) is 0 Å². The van der Waals surface area contributed by atoms with E-state index in [2.05, 4.69) is 35.8 Å². The first-order chi connectivity index (χ1) is 16.7. The van der Waals surface area contributed by atoms with Gasteiger partial charge in [-0.3, -0.25) is 4.79 Å². The number of carbonyl (C=O) groups is 1. The fraction of sp³-hybridized carbons (Fsp3) is 0.0645. The third-order valence-corrected chi connectivity index (χ3v) is 6.37. The molecule has 0 saturated heterocycles. The van der Waals surface area contributed by atoms with Crippen molar-refractivity contribution in [3.05, 3.63) is 125 Å². The van der Waals surface area contributed by atoms with Gasteiger partial charge in [-0.25, -0.2) is 0 Å². The minimum atomic E-state index is -0.0185. The van der Waals surface area contributed by atoms with E-state index in [1.165, 1.54) is 0 Å². The number of carbonyl (C=O) groups excluding carboxylic acids is 1. The summed E-state index contributed by atoms with van der Waals surface area (Å²) < 4.78 is 2.29. The Morgan fingerprint density at radius 3 is 2.09 bits per heavy atom. The number of allylic oxidation sites excluding steroid dienone is 1. The van der Waals surface area contributed by atoms with Crippen LogP contribution in [0.4, 0.5) is 0 Å². The summed E-state index contributed by atoms with van der Waals surface area (Å²) in [4.78, 5) is 13.1. The maximum Gasteiger partial charge on any atom is 0.185 e. The van der Waals surface area contributed by atoms with Gasteiger partial charge < -0.3 is 4.57 Å². The first-order valence-corrected chi connectivity index (χ1v) is 11.8. The van der Waals surface area contributed by atoms with Crippen molar-refractivity contribution >= 4 is 34.4 Å². The number of halogens is 1. The minimum absolute atomic E-state index is 0.0185. The maximum absolute atomic E-state index is 13.1. The molecule has 0 unspecified atom stereocenters. The van der Waals surface area contributed by atoms with E-state index >= 15 is 0 Å². The molecule has 4 aromatic carbocycles. The highest BCUT2D eigenvalue weighted by molar-refractivity contribution is 6.30. The molecule has 0 fully saturated rings.